The molecule has 2 aliphatic heterocycles. The number of aliphatic imine (C=N–C) groups is 1. The maximum atomic E-state index is 11.5. The van der Waals surface area contributed by atoms with Crippen LogP contribution < -0.4 is 10.6 Å². The predicted molar refractivity (Wildman–Crippen MR) is 89.4 cm³/mol. The van der Waals surface area contributed by atoms with Gasteiger partial charge in [0.15, 0.2) is 5.96 Å². The van der Waals surface area contributed by atoms with E-state index in [0.29, 0.717) is 24.3 Å². The van der Waals surface area contributed by atoms with E-state index in [1.165, 1.54) is 24.9 Å². The maximum Gasteiger partial charge on any atom is 0.211 e. The molecule has 122 valence electrons. The van der Waals surface area contributed by atoms with Gasteiger partial charge in [0.25, 0.3) is 0 Å². The number of sulfonamides is 1. The molecule has 2 heterocycles. The first-order valence-electron chi connectivity index (χ1n) is 7.50. The highest BCUT2D eigenvalue weighted by atomic mass is 32.2. The van der Waals surface area contributed by atoms with Crippen LogP contribution in [0.5, 0.6) is 0 Å². The molecule has 0 bridgehead atoms. The van der Waals surface area contributed by atoms with Gasteiger partial charge in [-0.15, -0.1) is 0 Å². The fourth-order valence-electron chi connectivity index (χ4n) is 2.74. The predicted octanol–water partition coefficient (Wildman–Crippen LogP) is 0.329. The summed E-state index contributed by atoms with van der Waals surface area (Å²) in [5, 5.41) is 7.37. The van der Waals surface area contributed by atoms with Crippen molar-refractivity contribution in [1.29, 1.82) is 0 Å². The average molecular weight is 335 g/mol. The largest absolute Gasteiger partial charge is 0.356 e. The second kappa shape index (κ2) is 7.69. The van der Waals surface area contributed by atoms with Gasteiger partial charge in [-0.3, -0.25) is 4.99 Å². The normalized spacial score (nSPS) is 28.0. The lowest BCUT2D eigenvalue weighted by atomic mass is 10.1. The zero-order valence-electron chi connectivity index (χ0n) is 12.8. The van der Waals surface area contributed by atoms with Gasteiger partial charge in [0.05, 0.1) is 6.26 Å². The van der Waals surface area contributed by atoms with Crippen LogP contribution >= 0.6 is 11.8 Å². The third-order valence-electron chi connectivity index (χ3n) is 4.02. The number of nitrogens with one attached hydrogen (secondary N) is 2. The highest BCUT2D eigenvalue weighted by Crippen LogP contribution is 2.25. The minimum atomic E-state index is -3.04. The van der Waals surface area contributed by atoms with Crippen molar-refractivity contribution in [2.24, 2.45) is 10.9 Å². The summed E-state index contributed by atoms with van der Waals surface area (Å²) in [4.78, 5) is 4.23. The number of thioether (sulfide) groups is 1. The molecular weight excluding hydrogens is 308 g/mol. The average Bonchev–Trinajstić information content (AvgIpc) is 3.09. The van der Waals surface area contributed by atoms with Crippen molar-refractivity contribution in [1.82, 2.24) is 14.9 Å². The second-order valence-corrected chi connectivity index (χ2v) is 9.14. The van der Waals surface area contributed by atoms with E-state index in [1.54, 1.807) is 11.4 Å². The van der Waals surface area contributed by atoms with Gasteiger partial charge in [0.2, 0.25) is 10.0 Å². The van der Waals surface area contributed by atoms with E-state index in [0.717, 1.165) is 25.5 Å². The standard InChI is InChI=1S/C13H26N4O2S2/c1-14-13(16-9-12-4-3-7-20-12)15-8-11-5-6-17(10-11)21(2,18)19/h11-12H,3-10H2,1-2H3,(H2,14,15,16). The molecule has 0 aromatic rings. The molecule has 21 heavy (non-hydrogen) atoms. The molecule has 0 spiro atoms. The molecule has 2 N–H and O–H groups in total. The van der Waals surface area contributed by atoms with Crippen LogP contribution in [-0.4, -0.2) is 69.2 Å². The Hall–Kier alpha value is -0.470. The van der Waals surface area contributed by atoms with E-state index in [1.807, 2.05) is 11.8 Å². The van der Waals surface area contributed by atoms with Crippen LogP contribution in [0.15, 0.2) is 4.99 Å². The summed E-state index contributed by atoms with van der Waals surface area (Å²) in [5.74, 6) is 2.45. The topological polar surface area (TPSA) is 73.8 Å². The molecule has 2 saturated heterocycles. The van der Waals surface area contributed by atoms with Crippen LogP contribution in [0.4, 0.5) is 0 Å². The third kappa shape index (κ3) is 5.34. The van der Waals surface area contributed by atoms with Crippen LogP contribution in [0.3, 0.4) is 0 Å². The molecule has 2 aliphatic rings. The molecular formula is C13H26N4O2S2. The van der Waals surface area contributed by atoms with Crippen LogP contribution in [0.2, 0.25) is 0 Å². The van der Waals surface area contributed by atoms with Crippen molar-refractivity contribution in [2.75, 3.05) is 45.2 Å². The molecule has 6 nitrogen and oxygen atoms in total. The molecule has 2 atom stereocenters. The van der Waals surface area contributed by atoms with E-state index >= 15 is 0 Å². The van der Waals surface area contributed by atoms with Crippen molar-refractivity contribution in [3.05, 3.63) is 0 Å². The van der Waals surface area contributed by atoms with E-state index in [-0.39, 0.29) is 0 Å². The zero-order chi connectivity index (χ0) is 15.3. The van der Waals surface area contributed by atoms with Crippen molar-refractivity contribution >= 4 is 27.7 Å². The van der Waals surface area contributed by atoms with E-state index in [4.69, 9.17) is 0 Å². The molecule has 0 aliphatic carbocycles. The Labute approximate surface area is 132 Å². The summed E-state index contributed by atoms with van der Waals surface area (Å²) in [6.45, 7) is 2.96. The first kappa shape index (κ1) is 16.9. The fraction of sp³-hybridized carbons (Fsp3) is 0.923. The molecule has 8 heteroatoms. The number of hydrogen-bond acceptors (Lipinski definition) is 4. The van der Waals surface area contributed by atoms with E-state index < -0.39 is 10.0 Å². The lowest BCUT2D eigenvalue weighted by Crippen LogP contribution is -2.42. The summed E-state index contributed by atoms with van der Waals surface area (Å²) < 4.78 is 24.5. The summed E-state index contributed by atoms with van der Waals surface area (Å²) in [6, 6.07) is 0. The van der Waals surface area contributed by atoms with Gasteiger partial charge >= 0.3 is 0 Å². The van der Waals surface area contributed by atoms with Gasteiger partial charge in [-0.2, -0.15) is 11.8 Å². The minimum Gasteiger partial charge on any atom is -0.356 e. The zero-order valence-corrected chi connectivity index (χ0v) is 14.5. The molecule has 2 rings (SSSR count). The molecule has 2 fully saturated rings. The molecule has 0 amide bonds. The second-order valence-electron chi connectivity index (χ2n) is 5.74. The van der Waals surface area contributed by atoms with Gasteiger partial charge in [0.1, 0.15) is 0 Å². The highest BCUT2D eigenvalue weighted by Gasteiger charge is 2.28. The van der Waals surface area contributed by atoms with Gasteiger partial charge < -0.3 is 10.6 Å². The Kier molecular flexibility index (Phi) is 6.19. The Morgan fingerprint density at radius 2 is 2.10 bits per heavy atom. The number of rotatable bonds is 5. The minimum absolute atomic E-state index is 0.360. The Balaban J connectivity index is 1.69. The molecule has 2 unspecified atom stereocenters. The Morgan fingerprint density at radius 1 is 1.33 bits per heavy atom. The Bertz CT molecular complexity index is 461. The lowest BCUT2D eigenvalue weighted by molar-refractivity contribution is 0.459. The van der Waals surface area contributed by atoms with Gasteiger partial charge in [-0.05, 0) is 30.9 Å². The van der Waals surface area contributed by atoms with Crippen LogP contribution in [0.1, 0.15) is 19.3 Å². The van der Waals surface area contributed by atoms with Gasteiger partial charge in [-0.1, -0.05) is 0 Å². The van der Waals surface area contributed by atoms with Gasteiger partial charge in [0, 0.05) is 38.5 Å². The van der Waals surface area contributed by atoms with Crippen LogP contribution in [0, 0.1) is 5.92 Å². The van der Waals surface area contributed by atoms with Crippen LogP contribution in [-0.2, 0) is 10.0 Å². The van der Waals surface area contributed by atoms with Crippen molar-refractivity contribution in [3.8, 4) is 0 Å². The number of hydrogen-bond donors (Lipinski definition) is 2. The van der Waals surface area contributed by atoms with E-state index in [2.05, 4.69) is 15.6 Å². The smallest absolute Gasteiger partial charge is 0.211 e. The monoisotopic (exact) mass is 334 g/mol. The highest BCUT2D eigenvalue weighted by molar-refractivity contribution is 8.00. The molecule has 0 radical (unpaired) electrons. The van der Waals surface area contributed by atoms with Crippen molar-refractivity contribution < 1.29 is 8.42 Å². The number of nitrogens with zero attached hydrogens (tertiary/aromatic N) is 2. The molecule has 0 saturated carbocycles. The summed E-state index contributed by atoms with van der Waals surface area (Å²) in [5.41, 5.74) is 0. The lowest BCUT2D eigenvalue weighted by Gasteiger charge is -2.17. The summed E-state index contributed by atoms with van der Waals surface area (Å²) in [7, 11) is -1.27. The third-order valence-corrected chi connectivity index (χ3v) is 6.69. The first-order valence-corrected chi connectivity index (χ1v) is 10.4. The van der Waals surface area contributed by atoms with Crippen LogP contribution in [0.25, 0.3) is 0 Å². The summed E-state index contributed by atoms with van der Waals surface area (Å²) >= 11 is 2.02. The van der Waals surface area contributed by atoms with Crippen molar-refractivity contribution in [3.63, 3.8) is 0 Å². The number of guanidine groups is 1. The van der Waals surface area contributed by atoms with E-state index in [9.17, 15) is 8.42 Å². The Morgan fingerprint density at radius 3 is 2.67 bits per heavy atom. The van der Waals surface area contributed by atoms with Crippen molar-refractivity contribution in [2.45, 2.75) is 24.5 Å². The summed E-state index contributed by atoms with van der Waals surface area (Å²) in [6.07, 6.45) is 4.78. The first-order chi connectivity index (χ1) is 9.99. The van der Waals surface area contributed by atoms with Gasteiger partial charge in [-0.25, -0.2) is 12.7 Å². The molecule has 0 aromatic heterocycles. The quantitative estimate of drug-likeness (QED) is 0.560. The fourth-order valence-corrected chi connectivity index (χ4v) is 4.86. The SMILES string of the molecule is CN=C(NCC1CCN(S(C)(=O)=O)C1)NCC1CCCS1. The maximum absolute atomic E-state index is 11.5. The molecule has 0 aromatic carbocycles.